The van der Waals surface area contributed by atoms with Crippen molar-refractivity contribution in [2.24, 2.45) is 5.16 Å². The first kappa shape index (κ1) is 13.2. The lowest BCUT2D eigenvalue weighted by Crippen LogP contribution is -2.29. The van der Waals surface area contributed by atoms with Crippen molar-refractivity contribution in [3.63, 3.8) is 0 Å². The molecule has 1 unspecified atom stereocenters. The van der Waals surface area contributed by atoms with E-state index in [0.717, 1.165) is 0 Å². The van der Waals surface area contributed by atoms with Crippen LogP contribution in [0.3, 0.4) is 0 Å². The first-order valence-corrected chi connectivity index (χ1v) is 5.44. The maximum atomic E-state index is 11.1. The normalized spacial score (nSPS) is 13.5. The summed E-state index contributed by atoms with van der Waals surface area (Å²) in [6.07, 6.45) is 1.73. The van der Waals surface area contributed by atoms with E-state index in [9.17, 15) is 9.59 Å². The van der Waals surface area contributed by atoms with Crippen LogP contribution >= 0.6 is 23.4 Å². The number of hydrogen-bond acceptors (Lipinski definition) is 6. The zero-order valence-corrected chi connectivity index (χ0v) is 9.26. The Bertz CT molecular complexity index is 256. The molecule has 0 bridgehead atoms. The van der Waals surface area contributed by atoms with Crippen molar-refractivity contribution in [1.29, 1.82) is 0 Å². The van der Waals surface area contributed by atoms with E-state index in [-0.39, 0.29) is 0 Å². The summed E-state index contributed by atoms with van der Waals surface area (Å²) in [7, 11) is 0. The zero-order chi connectivity index (χ0) is 11.1. The zero-order valence-electron chi connectivity index (χ0n) is 7.69. The van der Waals surface area contributed by atoms with E-state index in [4.69, 9.17) is 21.5 Å². The quantitative estimate of drug-likeness (QED) is 0.147. The van der Waals surface area contributed by atoms with E-state index < -0.39 is 28.8 Å². The minimum atomic E-state index is -0.972. The molecule has 1 atom stereocenters. The van der Waals surface area contributed by atoms with Crippen LogP contribution in [0, 0.1) is 0 Å². The molecule has 0 saturated heterocycles. The minimum absolute atomic E-state index is 0.414. The third kappa shape index (κ3) is 3.97. The Hall–Kier alpha value is -0.750. The van der Waals surface area contributed by atoms with Gasteiger partial charge < -0.3 is 9.94 Å². The van der Waals surface area contributed by atoms with Gasteiger partial charge in [0.1, 0.15) is 5.44 Å². The Balaban J connectivity index is 4.42. The first-order valence-electron chi connectivity index (χ1n) is 3.61. The highest BCUT2D eigenvalue weighted by atomic mass is 35.5. The standard InChI is InChI=1S/C7H10ClNO4S/c1-4(14-2)13-7(11)6(9-12)5(10)3-8/h4,12H,3H2,1-2H3. The molecule has 5 nitrogen and oxygen atoms in total. The van der Waals surface area contributed by atoms with Crippen molar-refractivity contribution in [2.75, 3.05) is 12.1 Å². The summed E-state index contributed by atoms with van der Waals surface area (Å²) in [6.45, 7) is 1.63. The van der Waals surface area contributed by atoms with Crippen LogP contribution in [0.1, 0.15) is 6.92 Å². The van der Waals surface area contributed by atoms with Gasteiger partial charge in [0.2, 0.25) is 11.5 Å². The Kier molecular flexibility index (Phi) is 6.31. The van der Waals surface area contributed by atoms with Crippen molar-refractivity contribution in [3.8, 4) is 0 Å². The van der Waals surface area contributed by atoms with Gasteiger partial charge in [-0.25, -0.2) is 4.79 Å². The Morgan fingerprint density at radius 3 is 2.57 bits per heavy atom. The molecule has 0 fully saturated rings. The molecule has 0 saturated carbocycles. The van der Waals surface area contributed by atoms with Crippen molar-refractivity contribution in [3.05, 3.63) is 0 Å². The Labute approximate surface area is 90.4 Å². The van der Waals surface area contributed by atoms with Gasteiger partial charge >= 0.3 is 5.97 Å². The molecule has 7 heteroatoms. The molecule has 0 amide bonds. The maximum absolute atomic E-state index is 11.1. The fourth-order valence-electron chi connectivity index (χ4n) is 0.528. The van der Waals surface area contributed by atoms with E-state index in [2.05, 4.69) is 5.16 Å². The van der Waals surface area contributed by atoms with Crippen molar-refractivity contribution < 1.29 is 19.5 Å². The summed E-state index contributed by atoms with van der Waals surface area (Å²) < 4.78 is 4.73. The van der Waals surface area contributed by atoms with E-state index in [1.54, 1.807) is 13.2 Å². The predicted octanol–water partition coefficient (Wildman–Crippen LogP) is 0.877. The van der Waals surface area contributed by atoms with Gasteiger partial charge in [-0.2, -0.15) is 0 Å². The summed E-state index contributed by atoms with van der Waals surface area (Å²) in [5.41, 5.74) is -1.09. The van der Waals surface area contributed by atoms with Crippen LogP contribution in [0.2, 0.25) is 0 Å². The third-order valence-corrected chi connectivity index (χ3v) is 2.29. The molecule has 0 radical (unpaired) electrons. The van der Waals surface area contributed by atoms with Gasteiger partial charge in [-0.3, -0.25) is 4.79 Å². The average Bonchev–Trinajstić information content (AvgIpc) is 2.18. The SMILES string of the molecule is CSC(C)OC(=O)C(=NO)C(=O)CCl. The van der Waals surface area contributed by atoms with E-state index in [1.807, 2.05) is 0 Å². The number of ether oxygens (including phenoxy) is 1. The number of halogens is 1. The monoisotopic (exact) mass is 239 g/mol. The second-order valence-corrected chi connectivity index (χ2v) is 3.62. The average molecular weight is 240 g/mol. The lowest BCUT2D eigenvalue weighted by molar-refractivity contribution is -0.137. The molecule has 0 aromatic rings. The molecule has 80 valence electrons. The third-order valence-electron chi connectivity index (χ3n) is 1.28. The molecule has 0 aliphatic heterocycles. The van der Waals surface area contributed by atoms with Gasteiger partial charge in [-0.1, -0.05) is 5.16 Å². The highest BCUT2D eigenvalue weighted by Gasteiger charge is 2.23. The number of carbonyl (C=O) groups excluding carboxylic acids is 2. The first-order chi connectivity index (χ1) is 6.56. The second-order valence-electron chi connectivity index (χ2n) is 2.21. The highest BCUT2D eigenvalue weighted by molar-refractivity contribution is 7.99. The highest BCUT2D eigenvalue weighted by Crippen LogP contribution is 2.07. The number of nitrogens with zero attached hydrogens (tertiary/aromatic N) is 1. The number of alkyl halides is 1. The lowest BCUT2D eigenvalue weighted by Gasteiger charge is -2.09. The second kappa shape index (κ2) is 6.67. The fraction of sp³-hybridized carbons (Fsp3) is 0.571. The summed E-state index contributed by atoms with van der Waals surface area (Å²) in [6, 6.07) is 0. The van der Waals surface area contributed by atoms with Gasteiger partial charge in [0, 0.05) is 0 Å². The topological polar surface area (TPSA) is 76.0 Å². The molecule has 0 aliphatic carbocycles. The molecular weight excluding hydrogens is 230 g/mol. The molecule has 14 heavy (non-hydrogen) atoms. The molecule has 1 N–H and O–H groups in total. The molecule has 0 aliphatic rings. The number of thioether (sulfide) groups is 1. The number of Topliss-reactive ketones (excluding diaryl/α,β-unsaturated/α-hetero) is 1. The van der Waals surface area contributed by atoms with Gasteiger partial charge in [-0.15, -0.1) is 23.4 Å². The van der Waals surface area contributed by atoms with Gasteiger partial charge in [0.25, 0.3) is 0 Å². The predicted molar refractivity (Wildman–Crippen MR) is 54.0 cm³/mol. The minimum Gasteiger partial charge on any atom is -0.447 e. The number of ketones is 1. The molecular formula is C7H10ClNO4S. The number of hydrogen-bond donors (Lipinski definition) is 1. The Morgan fingerprint density at radius 1 is 1.64 bits per heavy atom. The van der Waals surface area contributed by atoms with Crippen LogP contribution < -0.4 is 0 Å². The fourth-order valence-corrected chi connectivity index (χ4v) is 0.839. The van der Waals surface area contributed by atoms with Crippen LogP contribution in [-0.2, 0) is 14.3 Å². The van der Waals surface area contributed by atoms with Crippen molar-refractivity contribution in [1.82, 2.24) is 0 Å². The van der Waals surface area contributed by atoms with Crippen LogP contribution in [0.25, 0.3) is 0 Å². The summed E-state index contributed by atoms with van der Waals surface area (Å²) in [5.74, 6) is -2.17. The van der Waals surface area contributed by atoms with Crippen LogP contribution in [0.4, 0.5) is 0 Å². The molecule has 0 aromatic heterocycles. The summed E-state index contributed by atoms with van der Waals surface area (Å²) >= 11 is 6.46. The summed E-state index contributed by atoms with van der Waals surface area (Å²) in [5, 5.41) is 10.9. The van der Waals surface area contributed by atoms with Crippen molar-refractivity contribution in [2.45, 2.75) is 12.4 Å². The van der Waals surface area contributed by atoms with Crippen molar-refractivity contribution >= 4 is 40.8 Å². The van der Waals surface area contributed by atoms with E-state index in [1.165, 1.54) is 11.8 Å². The lowest BCUT2D eigenvalue weighted by atomic mass is 10.3. The summed E-state index contributed by atoms with van der Waals surface area (Å²) in [4.78, 5) is 22.1. The van der Waals surface area contributed by atoms with Crippen LogP contribution in [0.15, 0.2) is 5.16 Å². The molecule has 0 aromatic carbocycles. The molecule has 0 heterocycles. The Morgan fingerprint density at radius 2 is 2.21 bits per heavy atom. The number of oxime groups is 1. The molecule has 0 rings (SSSR count). The van der Waals surface area contributed by atoms with Crippen LogP contribution in [0.5, 0.6) is 0 Å². The number of esters is 1. The molecule has 0 spiro atoms. The van der Waals surface area contributed by atoms with Gasteiger partial charge in [0.05, 0.1) is 5.88 Å². The number of carbonyl (C=O) groups is 2. The number of rotatable bonds is 5. The smallest absolute Gasteiger partial charge is 0.365 e. The van der Waals surface area contributed by atoms with E-state index in [0.29, 0.717) is 0 Å². The largest absolute Gasteiger partial charge is 0.447 e. The maximum Gasteiger partial charge on any atom is 0.365 e. The van der Waals surface area contributed by atoms with Gasteiger partial charge in [0.15, 0.2) is 0 Å². The van der Waals surface area contributed by atoms with E-state index >= 15 is 0 Å². The van der Waals surface area contributed by atoms with Gasteiger partial charge in [-0.05, 0) is 13.2 Å². The van der Waals surface area contributed by atoms with Crippen LogP contribution in [-0.4, -0.2) is 40.2 Å².